The Morgan fingerprint density at radius 2 is 1.83 bits per heavy atom. The molecule has 0 radical (unpaired) electrons. The first-order chi connectivity index (χ1) is 8.58. The van der Waals surface area contributed by atoms with Crippen molar-refractivity contribution in [2.75, 3.05) is 11.9 Å². The van der Waals surface area contributed by atoms with E-state index in [9.17, 15) is 9.90 Å². The SMILES string of the molecule is CCc1cccc(CC)c1NCC(O)CC(=O)O. The van der Waals surface area contributed by atoms with Gasteiger partial charge in [-0.05, 0) is 24.0 Å². The summed E-state index contributed by atoms with van der Waals surface area (Å²) in [7, 11) is 0. The Labute approximate surface area is 108 Å². The lowest BCUT2D eigenvalue weighted by atomic mass is 10.0. The number of aryl methyl sites for hydroxylation is 2. The van der Waals surface area contributed by atoms with Gasteiger partial charge in [0.2, 0.25) is 0 Å². The van der Waals surface area contributed by atoms with Gasteiger partial charge in [-0.1, -0.05) is 32.0 Å². The van der Waals surface area contributed by atoms with Crippen LogP contribution in [0.3, 0.4) is 0 Å². The second-order valence-corrected chi connectivity index (χ2v) is 4.29. The van der Waals surface area contributed by atoms with Gasteiger partial charge in [0, 0.05) is 12.2 Å². The monoisotopic (exact) mass is 251 g/mol. The minimum Gasteiger partial charge on any atom is -0.481 e. The lowest BCUT2D eigenvalue weighted by Gasteiger charge is -2.17. The minimum absolute atomic E-state index is 0.233. The van der Waals surface area contributed by atoms with Gasteiger partial charge in [0.15, 0.2) is 0 Å². The molecule has 0 saturated carbocycles. The molecule has 0 bridgehead atoms. The van der Waals surface area contributed by atoms with Crippen LogP contribution in [0.2, 0.25) is 0 Å². The first kappa shape index (κ1) is 14.5. The number of aliphatic carboxylic acids is 1. The third-order valence-electron chi connectivity index (χ3n) is 2.92. The van der Waals surface area contributed by atoms with Crippen molar-refractivity contribution in [2.45, 2.75) is 39.2 Å². The van der Waals surface area contributed by atoms with Crippen LogP contribution in [0, 0.1) is 0 Å². The zero-order valence-corrected chi connectivity index (χ0v) is 10.9. The first-order valence-corrected chi connectivity index (χ1v) is 6.32. The number of carboxylic acid groups (broad SMARTS) is 1. The number of rotatable bonds is 7. The van der Waals surface area contributed by atoms with E-state index < -0.39 is 12.1 Å². The Kier molecular flexibility index (Phi) is 5.65. The van der Waals surface area contributed by atoms with Gasteiger partial charge >= 0.3 is 5.97 Å². The molecule has 0 amide bonds. The number of carbonyl (C=O) groups is 1. The van der Waals surface area contributed by atoms with Crippen molar-refractivity contribution >= 4 is 11.7 Å². The van der Waals surface area contributed by atoms with Gasteiger partial charge in [-0.2, -0.15) is 0 Å². The Morgan fingerprint density at radius 3 is 2.28 bits per heavy atom. The van der Waals surface area contributed by atoms with E-state index in [-0.39, 0.29) is 13.0 Å². The molecule has 1 aromatic rings. The summed E-state index contributed by atoms with van der Waals surface area (Å²) >= 11 is 0. The maximum Gasteiger partial charge on any atom is 0.306 e. The first-order valence-electron chi connectivity index (χ1n) is 6.32. The molecule has 18 heavy (non-hydrogen) atoms. The van der Waals surface area contributed by atoms with E-state index in [0.717, 1.165) is 18.5 Å². The summed E-state index contributed by atoms with van der Waals surface area (Å²) < 4.78 is 0. The summed E-state index contributed by atoms with van der Waals surface area (Å²) in [5, 5.41) is 21.3. The number of anilines is 1. The van der Waals surface area contributed by atoms with Crippen LogP contribution in [0.15, 0.2) is 18.2 Å². The van der Waals surface area contributed by atoms with Gasteiger partial charge in [0.25, 0.3) is 0 Å². The molecule has 4 nitrogen and oxygen atoms in total. The highest BCUT2D eigenvalue weighted by Crippen LogP contribution is 2.22. The molecule has 0 aliphatic carbocycles. The third kappa shape index (κ3) is 4.04. The molecule has 1 aromatic carbocycles. The van der Waals surface area contributed by atoms with Crippen molar-refractivity contribution in [3.05, 3.63) is 29.3 Å². The molecule has 100 valence electrons. The minimum atomic E-state index is -0.983. The van der Waals surface area contributed by atoms with Crippen molar-refractivity contribution in [3.8, 4) is 0 Å². The van der Waals surface area contributed by atoms with Crippen LogP contribution < -0.4 is 5.32 Å². The molecular formula is C14H21NO3. The van der Waals surface area contributed by atoms with Crippen molar-refractivity contribution in [1.82, 2.24) is 0 Å². The van der Waals surface area contributed by atoms with Crippen LogP contribution in [0.4, 0.5) is 5.69 Å². The van der Waals surface area contributed by atoms with Crippen molar-refractivity contribution in [3.63, 3.8) is 0 Å². The summed E-state index contributed by atoms with van der Waals surface area (Å²) in [5.41, 5.74) is 3.42. The predicted molar refractivity (Wildman–Crippen MR) is 71.9 cm³/mol. The number of para-hydroxylation sites is 1. The van der Waals surface area contributed by atoms with Crippen LogP contribution in [0.1, 0.15) is 31.4 Å². The summed E-state index contributed by atoms with van der Waals surface area (Å²) in [6, 6.07) is 6.12. The lowest BCUT2D eigenvalue weighted by molar-refractivity contribution is -0.138. The second-order valence-electron chi connectivity index (χ2n) is 4.29. The topological polar surface area (TPSA) is 69.6 Å². The van der Waals surface area contributed by atoms with E-state index >= 15 is 0 Å². The number of hydrogen-bond acceptors (Lipinski definition) is 3. The van der Waals surface area contributed by atoms with Crippen molar-refractivity contribution in [1.29, 1.82) is 0 Å². The number of aliphatic hydroxyl groups is 1. The number of carboxylic acids is 1. The highest BCUT2D eigenvalue weighted by atomic mass is 16.4. The van der Waals surface area contributed by atoms with Gasteiger partial charge in [-0.25, -0.2) is 0 Å². The lowest BCUT2D eigenvalue weighted by Crippen LogP contribution is -2.23. The molecule has 0 aromatic heterocycles. The van der Waals surface area contributed by atoms with Crippen molar-refractivity contribution < 1.29 is 15.0 Å². The van der Waals surface area contributed by atoms with E-state index in [4.69, 9.17) is 5.11 Å². The van der Waals surface area contributed by atoms with Gasteiger partial charge in [-0.15, -0.1) is 0 Å². The summed E-state index contributed by atoms with van der Waals surface area (Å²) in [4.78, 5) is 10.5. The normalized spacial score (nSPS) is 12.2. The molecular weight excluding hydrogens is 230 g/mol. The van der Waals surface area contributed by atoms with Crippen LogP contribution in [0.25, 0.3) is 0 Å². The Morgan fingerprint density at radius 1 is 1.28 bits per heavy atom. The van der Waals surface area contributed by atoms with Crippen molar-refractivity contribution in [2.24, 2.45) is 0 Å². The predicted octanol–water partition coefficient (Wildman–Crippen LogP) is 2.06. The standard InChI is InChI=1S/C14H21NO3/c1-3-10-6-5-7-11(4-2)14(10)15-9-12(16)8-13(17)18/h5-7,12,15-16H,3-4,8-9H2,1-2H3,(H,17,18). The average molecular weight is 251 g/mol. The molecule has 4 heteroatoms. The maximum absolute atomic E-state index is 10.5. The molecule has 0 fully saturated rings. The Balaban J connectivity index is 2.73. The molecule has 0 heterocycles. The molecule has 1 atom stereocenters. The highest BCUT2D eigenvalue weighted by molar-refractivity contribution is 5.67. The summed E-state index contributed by atoms with van der Waals surface area (Å²) in [5.74, 6) is -0.983. The smallest absolute Gasteiger partial charge is 0.306 e. The Hall–Kier alpha value is -1.55. The Bertz CT molecular complexity index is 382. The molecule has 3 N–H and O–H groups in total. The molecule has 1 unspecified atom stereocenters. The van der Waals surface area contributed by atoms with E-state index in [1.165, 1.54) is 11.1 Å². The van der Waals surface area contributed by atoms with Gasteiger partial charge in [0.05, 0.1) is 12.5 Å². The maximum atomic E-state index is 10.5. The largest absolute Gasteiger partial charge is 0.481 e. The zero-order valence-electron chi connectivity index (χ0n) is 10.9. The number of benzene rings is 1. The van der Waals surface area contributed by atoms with Gasteiger partial charge in [-0.3, -0.25) is 4.79 Å². The van der Waals surface area contributed by atoms with Crippen LogP contribution in [0.5, 0.6) is 0 Å². The fourth-order valence-corrected chi connectivity index (χ4v) is 1.96. The second kappa shape index (κ2) is 7.01. The van der Waals surface area contributed by atoms with Gasteiger partial charge < -0.3 is 15.5 Å². The molecule has 1 rings (SSSR count). The van der Waals surface area contributed by atoms with E-state index in [1.807, 2.05) is 18.2 Å². The van der Waals surface area contributed by atoms with E-state index in [1.54, 1.807) is 0 Å². The quantitative estimate of drug-likeness (QED) is 0.693. The summed E-state index contributed by atoms with van der Waals surface area (Å²) in [6.45, 7) is 4.41. The number of hydrogen-bond donors (Lipinski definition) is 3. The zero-order chi connectivity index (χ0) is 13.5. The van der Waals surface area contributed by atoms with Crippen LogP contribution >= 0.6 is 0 Å². The molecule has 0 aliphatic rings. The highest BCUT2D eigenvalue weighted by Gasteiger charge is 2.11. The van der Waals surface area contributed by atoms with E-state index in [0.29, 0.717) is 0 Å². The number of nitrogens with one attached hydrogen (secondary N) is 1. The average Bonchev–Trinajstić information content (AvgIpc) is 2.34. The number of aliphatic hydroxyl groups excluding tert-OH is 1. The van der Waals surface area contributed by atoms with E-state index in [2.05, 4.69) is 19.2 Å². The third-order valence-corrected chi connectivity index (χ3v) is 2.92. The molecule has 0 saturated heterocycles. The summed E-state index contributed by atoms with van der Waals surface area (Å²) in [6.07, 6.45) is 0.719. The fourth-order valence-electron chi connectivity index (χ4n) is 1.96. The molecule has 0 spiro atoms. The van der Waals surface area contributed by atoms with Crippen LogP contribution in [-0.2, 0) is 17.6 Å². The fraction of sp³-hybridized carbons (Fsp3) is 0.500. The van der Waals surface area contributed by atoms with Crippen LogP contribution in [-0.4, -0.2) is 28.8 Å². The molecule has 0 aliphatic heterocycles. The van der Waals surface area contributed by atoms with Gasteiger partial charge in [0.1, 0.15) is 0 Å².